The number of fused-ring (bicyclic) bond motifs is 1. The smallest absolute Gasteiger partial charge is 0.239 e. The van der Waals surface area contributed by atoms with Gasteiger partial charge < -0.3 is 20.1 Å². The Hall–Kier alpha value is -3.19. The number of carbonyl (C=O) groups is 2. The van der Waals surface area contributed by atoms with Gasteiger partial charge in [-0.05, 0) is 24.1 Å². The number of amides is 2. The Morgan fingerprint density at radius 1 is 1.00 bits per heavy atom. The molecule has 2 N–H and O–H groups in total. The lowest BCUT2D eigenvalue weighted by Crippen LogP contribution is -2.54. The normalized spacial score (nSPS) is 15.4. The van der Waals surface area contributed by atoms with Crippen molar-refractivity contribution in [1.29, 1.82) is 0 Å². The van der Waals surface area contributed by atoms with Gasteiger partial charge in [-0.3, -0.25) is 14.6 Å². The molecule has 1 aliphatic heterocycles. The Morgan fingerprint density at radius 2 is 1.73 bits per heavy atom. The number of aryl methyl sites for hydroxylation is 1. The van der Waals surface area contributed by atoms with Gasteiger partial charge in [0.05, 0.1) is 17.8 Å². The van der Waals surface area contributed by atoms with E-state index in [4.69, 9.17) is 5.73 Å². The molecule has 3 aromatic rings. The number of rotatable bonds is 6. The van der Waals surface area contributed by atoms with Crippen LogP contribution in [0.5, 0.6) is 0 Å². The maximum absolute atomic E-state index is 12.7. The van der Waals surface area contributed by atoms with Crippen molar-refractivity contribution in [3.63, 3.8) is 0 Å². The Kier molecular flexibility index (Phi) is 6.09. The molecule has 0 radical (unpaired) electrons. The van der Waals surface area contributed by atoms with Gasteiger partial charge >= 0.3 is 0 Å². The first-order valence-electron chi connectivity index (χ1n) is 10.4. The summed E-state index contributed by atoms with van der Waals surface area (Å²) in [5.74, 6) is 0.0682. The lowest BCUT2D eigenvalue weighted by Gasteiger charge is -2.36. The molecule has 1 aliphatic rings. The quantitative estimate of drug-likeness (QED) is 0.676. The van der Waals surface area contributed by atoms with E-state index in [2.05, 4.69) is 9.55 Å². The zero-order chi connectivity index (χ0) is 20.9. The predicted molar refractivity (Wildman–Crippen MR) is 116 cm³/mol. The van der Waals surface area contributed by atoms with E-state index in [0.29, 0.717) is 45.6 Å². The second-order valence-corrected chi connectivity index (χ2v) is 7.70. The Balaban J connectivity index is 1.25. The van der Waals surface area contributed by atoms with Gasteiger partial charge in [0, 0.05) is 56.9 Å². The van der Waals surface area contributed by atoms with Crippen LogP contribution in [-0.2, 0) is 22.6 Å². The molecule has 0 unspecified atom stereocenters. The average Bonchev–Trinajstić information content (AvgIpc) is 3.21. The second-order valence-electron chi connectivity index (χ2n) is 7.70. The zero-order valence-electron chi connectivity index (χ0n) is 17.0. The van der Waals surface area contributed by atoms with Gasteiger partial charge in [0.2, 0.25) is 11.8 Å². The first kappa shape index (κ1) is 20.1. The van der Waals surface area contributed by atoms with Crippen LogP contribution >= 0.6 is 0 Å². The van der Waals surface area contributed by atoms with Crippen LogP contribution in [0, 0.1) is 0 Å². The number of nitrogens with zero attached hydrogens (tertiary/aromatic N) is 4. The van der Waals surface area contributed by atoms with Gasteiger partial charge in [-0.25, -0.2) is 0 Å². The number of benzene rings is 1. The van der Waals surface area contributed by atoms with E-state index in [-0.39, 0.29) is 11.8 Å². The Bertz CT molecular complexity index is 1010. The summed E-state index contributed by atoms with van der Waals surface area (Å²) in [4.78, 5) is 33.1. The number of pyridine rings is 1. The minimum absolute atomic E-state index is 0.0442. The summed E-state index contributed by atoms with van der Waals surface area (Å²) < 4.78 is 2.06. The van der Waals surface area contributed by atoms with Crippen molar-refractivity contribution in [2.75, 3.05) is 26.2 Å². The number of piperazine rings is 1. The monoisotopic (exact) mass is 405 g/mol. The fourth-order valence-electron chi connectivity index (χ4n) is 3.96. The average molecular weight is 406 g/mol. The van der Waals surface area contributed by atoms with Crippen LogP contribution in [0.3, 0.4) is 0 Å². The molecular weight excluding hydrogens is 378 g/mol. The summed E-state index contributed by atoms with van der Waals surface area (Å²) in [5.41, 5.74) is 8.23. The molecule has 7 heteroatoms. The molecule has 0 saturated carbocycles. The van der Waals surface area contributed by atoms with Crippen LogP contribution < -0.4 is 5.73 Å². The van der Waals surface area contributed by atoms with E-state index in [0.717, 1.165) is 16.5 Å². The predicted octanol–water partition coefficient (Wildman–Crippen LogP) is 1.67. The summed E-state index contributed by atoms with van der Waals surface area (Å²) >= 11 is 0. The number of aromatic nitrogens is 2. The molecule has 2 aromatic heterocycles. The highest BCUT2D eigenvalue weighted by Gasteiger charge is 2.27. The third-order valence-electron chi connectivity index (χ3n) is 5.70. The Labute approximate surface area is 176 Å². The van der Waals surface area contributed by atoms with Crippen molar-refractivity contribution in [2.24, 2.45) is 5.73 Å². The van der Waals surface area contributed by atoms with Gasteiger partial charge in [-0.2, -0.15) is 0 Å². The minimum atomic E-state index is -0.551. The van der Waals surface area contributed by atoms with Crippen LogP contribution in [-0.4, -0.2) is 63.4 Å². The van der Waals surface area contributed by atoms with Crippen molar-refractivity contribution in [2.45, 2.75) is 25.4 Å². The second kappa shape index (κ2) is 9.09. The molecule has 0 spiro atoms. The SMILES string of the molecule is N[C@H](Cc1ccccc1)C(=O)N1CCN(C(=O)CCn2ccc3ccncc32)CC1. The highest BCUT2D eigenvalue weighted by atomic mass is 16.2. The molecule has 1 aromatic carbocycles. The van der Waals surface area contributed by atoms with Crippen LogP contribution in [0.4, 0.5) is 0 Å². The lowest BCUT2D eigenvalue weighted by molar-refractivity contribution is -0.140. The van der Waals surface area contributed by atoms with Gasteiger partial charge in [0.1, 0.15) is 0 Å². The van der Waals surface area contributed by atoms with Crippen LogP contribution in [0.2, 0.25) is 0 Å². The van der Waals surface area contributed by atoms with E-state index in [1.807, 2.05) is 59.8 Å². The molecular formula is C23H27N5O2. The number of carbonyl (C=O) groups excluding carboxylic acids is 2. The van der Waals surface area contributed by atoms with Gasteiger partial charge in [0.15, 0.2) is 0 Å². The molecule has 0 bridgehead atoms. The molecule has 2 amide bonds. The maximum Gasteiger partial charge on any atom is 0.239 e. The van der Waals surface area contributed by atoms with Crippen molar-refractivity contribution >= 4 is 22.7 Å². The standard InChI is InChI=1S/C23H27N5O2/c24-20(16-18-4-2-1-3-5-18)23(30)28-14-12-27(13-15-28)22(29)8-11-26-10-7-19-6-9-25-17-21(19)26/h1-7,9-10,17,20H,8,11-16,24H2/t20-/m1/s1. The summed E-state index contributed by atoms with van der Waals surface area (Å²) in [6.07, 6.45) is 6.54. The van der Waals surface area contributed by atoms with E-state index < -0.39 is 6.04 Å². The van der Waals surface area contributed by atoms with E-state index in [1.54, 1.807) is 11.1 Å². The molecule has 3 heterocycles. The number of nitrogens with two attached hydrogens (primary N) is 1. The van der Waals surface area contributed by atoms with Crippen LogP contribution in [0.1, 0.15) is 12.0 Å². The topological polar surface area (TPSA) is 84.5 Å². The van der Waals surface area contributed by atoms with Gasteiger partial charge in [0.25, 0.3) is 0 Å². The van der Waals surface area contributed by atoms with Crippen molar-refractivity contribution < 1.29 is 9.59 Å². The van der Waals surface area contributed by atoms with E-state index >= 15 is 0 Å². The molecule has 30 heavy (non-hydrogen) atoms. The summed E-state index contributed by atoms with van der Waals surface area (Å²) in [7, 11) is 0. The zero-order valence-corrected chi connectivity index (χ0v) is 17.0. The van der Waals surface area contributed by atoms with Gasteiger partial charge in [-0.15, -0.1) is 0 Å². The van der Waals surface area contributed by atoms with Crippen LogP contribution in [0.15, 0.2) is 61.1 Å². The third-order valence-corrected chi connectivity index (χ3v) is 5.70. The number of hydrogen-bond acceptors (Lipinski definition) is 4. The van der Waals surface area contributed by atoms with E-state index in [1.165, 1.54) is 0 Å². The largest absolute Gasteiger partial charge is 0.346 e. The molecule has 1 atom stereocenters. The summed E-state index contributed by atoms with van der Waals surface area (Å²) in [6.45, 7) is 2.79. The minimum Gasteiger partial charge on any atom is -0.346 e. The summed E-state index contributed by atoms with van der Waals surface area (Å²) in [5, 5.41) is 1.12. The van der Waals surface area contributed by atoms with E-state index in [9.17, 15) is 9.59 Å². The lowest BCUT2D eigenvalue weighted by atomic mass is 10.1. The highest BCUT2D eigenvalue weighted by molar-refractivity contribution is 5.83. The summed E-state index contributed by atoms with van der Waals surface area (Å²) in [6, 6.07) is 13.3. The molecule has 7 nitrogen and oxygen atoms in total. The van der Waals surface area contributed by atoms with Crippen molar-refractivity contribution in [3.8, 4) is 0 Å². The van der Waals surface area contributed by atoms with Crippen LogP contribution in [0.25, 0.3) is 10.9 Å². The molecule has 1 saturated heterocycles. The van der Waals surface area contributed by atoms with Crippen molar-refractivity contribution in [1.82, 2.24) is 19.4 Å². The molecule has 1 fully saturated rings. The van der Waals surface area contributed by atoms with Gasteiger partial charge in [-0.1, -0.05) is 30.3 Å². The Morgan fingerprint density at radius 3 is 2.50 bits per heavy atom. The molecule has 156 valence electrons. The van der Waals surface area contributed by atoms with Crippen molar-refractivity contribution in [3.05, 3.63) is 66.6 Å². The maximum atomic E-state index is 12.7. The fraction of sp³-hybridized carbons (Fsp3) is 0.348. The molecule has 0 aliphatic carbocycles. The first-order valence-corrected chi connectivity index (χ1v) is 10.4. The molecule has 4 rings (SSSR count). The number of hydrogen-bond donors (Lipinski definition) is 1. The third kappa shape index (κ3) is 4.52. The fourth-order valence-corrected chi connectivity index (χ4v) is 3.96. The highest BCUT2D eigenvalue weighted by Crippen LogP contribution is 2.15. The first-order chi connectivity index (χ1) is 14.6.